The van der Waals surface area contributed by atoms with E-state index in [1.165, 1.54) is 0 Å². The maximum absolute atomic E-state index is 13.7. The summed E-state index contributed by atoms with van der Waals surface area (Å²) in [5.41, 5.74) is 2.44. The first-order valence-electron chi connectivity index (χ1n) is 9.90. The summed E-state index contributed by atoms with van der Waals surface area (Å²) in [6, 6.07) is 12.3. The van der Waals surface area contributed by atoms with Gasteiger partial charge in [0.2, 0.25) is 0 Å². The van der Waals surface area contributed by atoms with E-state index in [1.54, 1.807) is 18.3 Å². The van der Waals surface area contributed by atoms with Gasteiger partial charge in [-0.05, 0) is 41.0 Å². The van der Waals surface area contributed by atoms with Gasteiger partial charge in [0.1, 0.15) is 17.2 Å². The van der Waals surface area contributed by atoms with E-state index in [9.17, 15) is 13.2 Å². The molecule has 3 rings (SSSR count). The van der Waals surface area contributed by atoms with Gasteiger partial charge in [0.25, 0.3) is 0 Å². The number of aromatic nitrogens is 3. The molecule has 0 amide bonds. The maximum Gasteiger partial charge on any atom is 0.434 e. The lowest BCUT2D eigenvalue weighted by Crippen LogP contribution is -2.23. The van der Waals surface area contributed by atoms with E-state index in [4.69, 9.17) is 4.74 Å². The molecule has 0 atom stereocenters. The largest absolute Gasteiger partial charge is 0.434 e. The lowest BCUT2D eigenvalue weighted by molar-refractivity contribution is -0.146. The number of benzene rings is 1. The molecule has 0 aliphatic heterocycles. The normalized spacial score (nSPS) is 12.4. The summed E-state index contributed by atoms with van der Waals surface area (Å²) in [4.78, 5) is 8.58. The number of hydrogen-bond acceptors (Lipinski definition) is 3. The number of nitrogens with zero attached hydrogens (tertiary/aromatic N) is 3. The van der Waals surface area contributed by atoms with Crippen LogP contribution in [0.4, 0.5) is 13.2 Å². The molecule has 4 nitrogen and oxygen atoms in total. The minimum absolute atomic E-state index is 0.162. The van der Waals surface area contributed by atoms with Crippen molar-refractivity contribution in [3.8, 4) is 22.6 Å². The van der Waals surface area contributed by atoms with Gasteiger partial charge in [0.05, 0.1) is 5.69 Å². The van der Waals surface area contributed by atoms with Gasteiger partial charge in [-0.3, -0.25) is 9.55 Å². The van der Waals surface area contributed by atoms with Crippen LogP contribution in [0.3, 0.4) is 0 Å². The summed E-state index contributed by atoms with van der Waals surface area (Å²) in [7, 11) is -1.35. The topological polar surface area (TPSA) is 39.9 Å². The SMILES string of the molecule is Cc1ccc(-c2ccc(-c3nc(Br)c(C(F)(F)F)n3COCC[Si](C)(C)C)cn2)cc1. The summed E-state index contributed by atoms with van der Waals surface area (Å²) in [6.07, 6.45) is -3.02. The van der Waals surface area contributed by atoms with Crippen LogP contribution in [0.25, 0.3) is 22.6 Å². The van der Waals surface area contributed by atoms with Crippen molar-refractivity contribution in [2.75, 3.05) is 6.61 Å². The molecule has 0 aliphatic carbocycles. The second-order valence-corrected chi connectivity index (χ2v) is 15.0. The number of hydrogen-bond donors (Lipinski definition) is 0. The molecule has 0 fully saturated rings. The minimum atomic E-state index is -4.57. The van der Waals surface area contributed by atoms with Gasteiger partial charge in [-0.15, -0.1) is 0 Å². The summed E-state index contributed by atoms with van der Waals surface area (Å²) < 4.78 is 47.5. The van der Waals surface area contributed by atoms with Gasteiger partial charge in [0, 0.05) is 32.0 Å². The van der Waals surface area contributed by atoms with Gasteiger partial charge >= 0.3 is 6.18 Å². The highest BCUT2D eigenvalue weighted by molar-refractivity contribution is 9.10. The predicted molar refractivity (Wildman–Crippen MR) is 122 cm³/mol. The van der Waals surface area contributed by atoms with Gasteiger partial charge in [-0.1, -0.05) is 49.5 Å². The number of halogens is 4. The molecule has 9 heteroatoms. The molecule has 0 spiro atoms. The number of ether oxygens (including phenoxy) is 1. The van der Waals surface area contributed by atoms with E-state index >= 15 is 0 Å². The highest BCUT2D eigenvalue weighted by Gasteiger charge is 2.39. The smallest absolute Gasteiger partial charge is 0.361 e. The molecule has 166 valence electrons. The Morgan fingerprint density at radius 3 is 2.23 bits per heavy atom. The van der Waals surface area contributed by atoms with Crippen molar-refractivity contribution < 1.29 is 17.9 Å². The maximum atomic E-state index is 13.7. The van der Waals surface area contributed by atoms with Gasteiger partial charge in [0.15, 0.2) is 5.69 Å². The molecule has 31 heavy (non-hydrogen) atoms. The van der Waals surface area contributed by atoms with Gasteiger partial charge in [-0.25, -0.2) is 4.98 Å². The van der Waals surface area contributed by atoms with E-state index in [0.717, 1.165) is 27.4 Å². The molecular formula is C22H25BrF3N3OSi. The Labute approximate surface area is 189 Å². The fourth-order valence-corrected chi connectivity index (χ4v) is 4.36. The van der Waals surface area contributed by atoms with E-state index in [0.29, 0.717) is 12.2 Å². The zero-order chi connectivity index (χ0) is 22.8. The third-order valence-corrected chi connectivity index (χ3v) is 7.04. The first-order chi connectivity index (χ1) is 14.5. The highest BCUT2D eigenvalue weighted by atomic mass is 79.9. The van der Waals surface area contributed by atoms with Crippen LogP contribution in [0.5, 0.6) is 0 Å². The molecule has 3 aromatic rings. The Morgan fingerprint density at radius 2 is 1.68 bits per heavy atom. The van der Waals surface area contributed by atoms with Crippen molar-refractivity contribution in [3.05, 3.63) is 58.5 Å². The van der Waals surface area contributed by atoms with Crippen LogP contribution < -0.4 is 0 Å². The Bertz CT molecular complexity index is 1030. The zero-order valence-corrected chi connectivity index (χ0v) is 20.5. The van der Waals surface area contributed by atoms with Crippen LogP contribution in [0.2, 0.25) is 25.7 Å². The van der Waals surface area contributed by atoms with Crippen molar-refractivity contribution in [2.24, 2.45) is 0 Å². The Balaban J connectivity index is 1.91. The standard InChI is InChI=1S/C22H25BrF3N3OSi/c1-15-5-7-16(8-6-15)18-10-9-17(13-27-18)21-28-20(23)19(22(24,25)26)29(21)14-30-11-12-31(2,3)4/h5-10,13H,11-12,14H2,1-4H3. The van der Waals surface area contributed by atoms with Crippen molar-refractivity contribution in [3.63, 3.8) is 0 Å². The third kappa shape index (κ3) is 6.05. The van der Waals surface area contributed by atoms with Crippen molar-refractivity contribution in [2.45, 2.75) is 45.5 Å². The summed E-state index contributed by atoms with van der Waals surface area (Å²) in [5, 5.41) is 0. The van der Waals surface area contributed by atoms with E-state index in [-0.39, 0.29) is 17.2 Å². The van der Waals surface area contributed by atoms with Crippen molar-refractivity contribution in [1.29, 1.82) is 0 Å². The van der Waals surface area contributed by atoms with Crippen LogP contribution in [0.1, 0.15) is 11.3 Å². The van der Waals surface area contributed by atoms with E-state index in [1.807, 2.05) is 31.2 Å². The van der Waals surface area contributed by atoms with Crippen LogP contribution >= 0.6 is 15.9 Å². The Hall–Kier alpha value is -1.97. The average Bonchev–Trinajstić information content (AvgIpc) is 3.02. The molecule has 2 heterocycles. The average molecular weight is 512 g/mol. The second kappa shape index (κ2) is 9.26. The molecule has 0 saturated heterocycles. The van der Waals surface area contributed by atoms with Crippen molar-refractivity contribution >= 4 is 24.0 Å². The molecule has 2 aromatic heterocycles. The van der Waals surface area contributed by atoms with Gasteiger partial charge < -0.3 is 4.74 Å². The number of aryl methyl sites for hydroxylation is 1. The van der Waals surface area contributed by atoms with E-state index in [2.05, 4.69) is 45.5 Å². The molecule has 0 unspecified atom stereocenters. The van der Waals surface area contributed by atoms with Crippen LogP contribution in [0.15, 0.2) is 47.2 Å². The molecule has 0 saturated carbocycles. The second-order valence-electron chi connectivity index (χ2n) is 8.65. The quantitative estimate of drug-likeness (QED) is 0.253. The summed E-state index contributed by atoms with van der Waals surface area (Å²) in [6.45, 7) is 8.76. The molecule has 0 radical (unpaired) electrons. The lowest BCUT2D eigenvalue weighted by Gasteiger charge is -2.18. The van der Waals surface area contributed by atoms with Gasteiger partial charge in [-0.2, -0.15) is 13.2 Å². The Morgan fingerprint density at radius 1 is 1.03 bits per heavy atom. The third-order valence-electron chi connectivity index (χ3n) is 4.78. The highest BCUT2D eigenvalue weighted by Crippen LogP contribution is 2.38. The predicted octanol–water partition coefficient (Wildman–Crippen LogP) is 7.01. The lowest BCUT2D eigenvalue weighted by atomic mass is 10.1. The molecule has 0 bridgehead atoms. The molecule has 1 aromatic carbocycles. The first-order valence-corrected chi connectivity index (χ1v) is 14.4. The van der Waals surface area contributed by atoms with E-state index < -0.39 is 19.9 Å². The van der Waals surface area contributed by atoms with Crippen LogP contribution in [0, 0.1) is 6.92 Å². The molecule has 0 aliphatic rings. The fraction of sp³-hybridized carbons (Fsp3) is 0.364. The van der Waals surface area contributed by atoms with Crippen LogP contribution in [-0.4, -0.2) is 29.2 Å². The number of pyridine rings is 1. The fourth-order valence-electron chi connectivity index (χ4n) is 3.00. The van der Waals surface area contributed by atoms with Crippen LogP contribution in [-0.2, 0) is 17.6 Å². The molecule has 0 N–H and O–H groups in total. The number of imidazole rings is 1. The Kier molecular flexibility index (Phi) is 7.07. The summed E-state index contributed by atoms with van der Waals surface area (Å²) in [5.74, 6) is 0.162. The summed E-state index contributed by atoms with van der Waals surface area (Å²) >= 11 is 2.98. The van der Waals surface area contributed by atoms with Crippen molar-refractivity contribution in [1.82, 2.24) is 14.5 Å². The number of rotatable bonds is 7. The number of alkyl halides is 3. The minimum Gasteiger partial charge on any atom is -0.361 e. The first kappa shape index (κ1) is 23.7. The monoisotopic (exact) mass is 511 g/mol. The zero-order valence-electron chi connectivity index (χ0n) is 17.9. The molecular weight excluding hydrogens is 487 g/mol.